The molecular weight excluding hydrogens is 417 g/mol. The summed E-state index contributed by atoms with van der Waals surface area (Å²) in [7, 11) is 3.44. The van der Waals surface area contributed by atoms with Crippen molar-refractivity contribution >= 4 is 33.4 Å². The van der Waals surface area contributed by atoms with Gasteiger partial charge in [0.25, 0.3) is 5.91 Å². The molecule has 0 aliphatic carbocycles. The van der Waals surface area contributed by atoms with E-state index in [4.69, 9.17) is 4.74 Å². The smallest absolute Gasteiger partial charge is 0.263 e. The zero-order chi connectivity index (χ0) is 22.0. The maximum atomic E-state index is 13.1. The molecule has 0 bridgehead atoms. The molecule has 1 unspecified atom stereocenters. The van der Waals surface area contributed by atoms with Crippen LogP contribution >= 0.6 is 11.3 Å². The normalized spacial score (nSPS) is 16.5. The number of hydrogen-bond donors (Lipinski definition) is 0. The first-order valence-corrected chi connectivity index (χ1v) is 11.0. The van der Waals surface area contributed by atoms with Gasteiger partial charge >= 0.3 is 0 Å². The molecule has 3 aromatic rings. The van der Waals surface area contributed by atoms with Crippen LogP contribution in [0.3, 0.4) is 0 Å². The van der Waals surface area contributed by atoms with Crippen LogP contribution in [-0.4, -0.2) is 60.4 Å². The van der Waals surface area contributed by atoms with Gasteiger partial charge < -0.3 is 14.5 Å². The summed E-state index contributed by atoms with van der Waals surface area (Å²) < 4.78 is 19.1. The Bertz CT molecular complexity index is 1100. The zero-order valence-electron chi connectivity index (χ0n) is 17.5. The quantitative estimate of drug-likeness (QED) is 0.606. The maximum Gasteiger partial charge on any atom is 0.263 e. The number of fused-ring (bicyclic) bond motifs is 1. The second kappa shape index (κ2) is 9.11. The van der Waals surface area contributed by atoms with Crippen LogP contribution in [0.1, 0.15) is 33.3 Å². The van der Waals surface area contributed by atoms with Crippen molar-refractivity contribution in [2.75, 3.05) is 33.8 Å². The van der Waals surface area contributed by atoms with E-state index < -0.39 is 0 Å². The molecule has 0 radical (unpaired) electrons. The molecule has 2 aromatic heterocycles. The van der Waals surface area contributed by atoms with E-state index in [0.29, 0.717) is 37.4 Å². The minimum Gasteiger partial charge on any atom is -0.370 e. The van der Waals surface area contributed by atoms with E-state index in [1.165, 1.54) is 23.5 Å². The highest BCUT2D eigenvalue weighted by molar-refractivity contribution is 7.20. The molecule has 1 aromatic carbocycles. The summed E-state index contributed by atoms with van der Waals surface area (Å²) in [6.45, 7) is 1.30. The number of pyridine rings is 1. The Morgan fingerprint density at radius 2 is 2.03 bits per heavy atom. The van der Waals surface area contributed by atoms with Crippen LogP contribution in [0.5, 0.6) is 0 Å². The number of rotatable bonds is 5. The molecule has 1 atom stereocenters. The van der Waals surface area contributed by atoms with Crippen LogP contribution in [0.15, 0.2) is 42.6 Å². The Kier molecular flexibility index (Phi) is 6.29. The molecule has 1 saturated heterocycles. The SMILES string of the molecule is CN(C)C(=O)c1sc2ncccc2c1C1CN(C(=O)CCc2ccc(F)cc2)CCO1. The summed E-state index contributed by atoms with van der Waals surface area (Å²) in [5, 5.41) is 0.892. The van der Waals surface area contributed by atoms with Gasteiger partial charge in [0.1, 0.15) is 21.6 Å². The average Bonchev–Trinajstić information content (AvgIpc) is 3.17. The average molecular weight is 442 g/mol. The molecule has 1 aliphatic heterocycles. The van der Waals surface area contributed by atoms with E-state index in [1.807, 2.05) is 12.1 Å². The van der Waals surface area contributed by atoms with E-state index in [-0.39, 0.29) is 23.7 Å². The number of aryl methyl sites for hydroxylation is 1. The second-order valence-electron chi connectivity index (χ2n) is 7.73. The predicted octanol–water partition coefficient (Wildman–Crippen LogP) is 3.67. The van der Waals surface area contributed by atoms with Gasteiger partial charge in [-0.1, -0.05) is 18.2 Å². The van der Waals surface area contributed by atoms with E-state index in [0.717, 1.165) is 21.3 Å². The highest BCUT2D eigenvalue weighted by atomic mass is 32.1. The monoisotopic (exact) mass is 441 g/mol. The number of halogens is 1. The Morgan fingerprint density at radius 1 is 1.26 bits per heavy atom. The Labute approximate surface area is 184 Å². The van der Waals surface area contributed by atoms with Gasteiger partial charge in [-0.05, 0) is 30.2 Å². The largest absolute Gasteiger partial charge is 0.370 e. The summed E-state index contributed by atoms with van der Waals surface area (Å²) in [6, 6.07) is 10.0. The fourth-order valence-corrected chi connectivity index (χ4v) is 4.96. The van der Waals surface area contributed by atoms with Crippen LogP contribution in [0.4, 0.5) is 4.39 Å². The van der Waals surface area contributed by atoms with Crippen LogP contribution in [-0.2, 0) is 16.0 Å². The first kappa shape index (κ1) is 21.4. The van der Waals surface area contributed by atoms with Crippen molar-refractivity contribution in [2.24, 2.45) is 0 Å². The van der Waals surface area contributed by atoms with Gasteiger partial charge in [-0.25, -0.2) is 9.37 Å². The van der Waals surface area contributed by atoms with Gasteiger partial charge in [0, 0.05) is 44.2 Å². The molecule has 0 saturated carbocycles. The first-order valence-electron chi connectivity index (χ1n) is 10.2. The number of amides is 2. The number of thiophene rings is 1. The van der Waals surface area contributed by atoms with Crippen molar-refractivity contribution in [3.05, 3.63) is 64.4 Å². The summed E-state index contributed by atoms with van der Waals surface area (Å²) in [6.07, 6.45) is 2.21. The van der Waals surface area contributed by atoms with Gasteiger partial charge in [0.05, 0.1) is 13.2 Å². The highest BCUT2D eigenvalue weighted by Gasteiger charge is 2.32. The van der Waals surface area contributed by atoms with Gasteiger partial charge in [-0.3, -0.25) is 9.59 Å². The topological polar surface area (TPSA) is 62.7 Å². The molecule has 162 valence electrons. The zero-order valence-corrected chi connectivity index (χ0v) is 18.3. The van der Waals surface area contributed by atoms with Crippen molar-refractivity contribution < 1.29 is 18.7 Å². The van der Waals surface area contributed by atoms with Crippen molar-refractivity contribution in [2.45, 2.75) is 18.9 Å². The molecule has 3 heterocycles. The minimum absolute atomic E-state index is 0.0239. The number of carbonyl (C=O) groups excluding carboxylic acids is 2. The number of carbonyl (C=O) groups is 2. The van der Waals surface area contributed by atoms with Gasteiger partial charge in [-0.15, -0.1) is 11.3 Å². The minimum atomic E-state index is -0.389. The third-order valence-electron chi connectivity index (χ3n) is 5.39. The third kappa shape index (κ3) is 4.60. The Balaban J connectivity index is 1.53. The number of hydrogen-bond acceptors (Lipinski definition) is 5. The summed E-state index contributed by atoms with van der Waals surface area (Å²) in [5.74, 6) is -0.358. The maximum absolute atomic E-state index is 13.1. The Hall–Kier alpha value is -2.84. The molecule has 6 nitrogen and oxygen atoms in total. The molecule has 1 aliphatic rings. The van der Waals surface area contributed by atoms with Crippen LogP contribution in [0.2, 0.25) is 0 Å². The molecule has 8 heteroatoms. The van der Waals surface area contributed by atoms with Crippen molar-refractivity contribution in [1.82, 2.24) is 14.8 Å². The van der Waals surface area contributed by atoms with Crippen LogP contribution in [0, 0.1) is 5.82 Å². The molecule has 2 amide bonds. The molecule has 31 heavy (non-hydrogen) atoms. The lowest BCUT2D eigenvalue weighted by molar-refractivity contribution is -0.138. The van der Waals surface area contributed by atoms with E-state index >= 15 is 0 Å². The molecule has 0 spiro atoms. The van der Waals surface area contributed by atoms with Gasteiger partial charge in [0.2, 0.25) is 5.91 Å². The number of morpholine rings is 1. The molecular formula is C23H24FN3O3S. The molecule has 4 rings (SSSR count). The van der Waals surface area contributed by atoms with Crippen LogP contribution in [0.25, 0.3) is 10.2 Å². The van der Waals surface area contributed by atoms with E-state index in [2.05, 4.69) is 4.98 Å². The fraction of sp³-hybridized carbons (Fsp3) is 0.348. The predicted molar refractivity (Wildman–Crippen MR) is 118 cm³/mol. The summed E-state index contributed by atoms with van der Waals surface area (Å²) in [5.41, 5.74) is 1.73. The molecule has 1 fully saturated rings. The molecule has 0 N–H and O–H groups in total. The van der Waals surface area contributed by atoms with E-state index in [9.17, 15) is 14.0 Å². The van der Waals surface area contributed by atoms with Gasteiger partial charge in [-0.2, -0.15) is 0 Å². The summed E-state index contributed by atoms with van der Waals surface area (Å²) in [4.78, 5) is 34.8. The van der Waals surface area contributed by atoms with Gasteiger partial charge in [0.15, 0.2) is 0 Å². The van der Waals surface area contributed by atoms with Crippen molar-refractivity contribution in [3.63, 3.8) is 0 Å². The lowest BCUT2D eigenvalue weighted by Gasteiger charge is -2.33. The van der Waals surface area contributed by atoms with Crippen molar-refractivity contribution in [1.29, 1.82) is 0 Å². The Morgan fingerprint density at radius 3 is 2.77 bits per heavy atom. The highest BCUT2D eigenvalue weighted by Crippen LogP contribution is 2.37. The lowest BCUT2D eigenvalue weighted by atomic mass is 10.0. The first-order chi connectivity index (χ1) is 14.9. The number of aromatic nitrogens is 1. The summed E-state index contributed by atoms with van der Waals surface area (Å²) >= 11 is 1.36. The second-order valence-corrected chi connectivity index (χ2v) is 8.73. The van der Waals surface area contributed by atoms with E-state index in [1.54, 1.807) is 42.2 Å². The standard InChI is InChI=1S/C23H24FN3O3S/c1-26(2)23(29)21-20(17-4-3-11-25-22(17)31-21)18-14-27(12-13-30-18)19(28)10-7-15-5-8-16(24)9-6-15/h3-6,8-9,11,18H,7,10,12-14H2,1-2H3. The number of benzene rings is 1. The third-order valence-corrected chi connectivity index (χ3v) is 6.50. The fourth-order valence-electron chi connectivity index (χ4n) is 3.74. The lowest BCUT2D eigenvalue weighted by Crippen LogP contribution is -2.42. The van der Waals surface area contributed by atoms with Crippen LogP contribution < -0.4 is 0 Å². The number of ether oxygens (including phenoxy) is 1. The van der Waals surface area contributed by atoms with Crippen molar-refractivity contribution in [3.8, 4) is 0 Å². The number of nitrogens with zero attached hydrogens (tertiary/aromatic N) is 3.